The quantitative estimate of drug-likeness (QED) is 0.223. The van der Waals surface area contributed by atoms with Gasteiger partial charge in [0.15, 0.2) is 5.76 Å². The molecule has 5 aromatic rings. The van der Waals surface area contributed by atoms with Gasteiger partial charge in [-0.1, -0.05) is 34.1 Å². The minimum atomic E-state index is -0.426. The fourth-order valence-electron chi connectivity index (χ4n) is 4.85. The molecule has 34 heavy (non-hydrogen) atoms. The summed E-state index contributed by atoms with van der Waals surface area (Å²) < 4.78 is 6.81. The summed E-state index contributed by atoms with van der Waals surface area (Å²) in [5.41, 5.74) is 4.54. The van der Waals surface area contributed by atoms with E-state index in [1.54, 1.807) is 23.1 Å². The van der Waals surface area contributed by atoms with Crippen molar-refractivity contribution in [3.8, 4) is 0 Å². The van der Waals surface area contributed by atoms with Crippen molar-refractivity contribution in [3.63, 3.8) is 0 Å². The van der Waals surface area contributed by atoms with E-state index in [0.717, 1.165) is 37.6 Å². The number of fused-ring (bicyclic) bond motifs is 4. The van der Waals surface area contributed by atoms with Crippen LogP contribution in [0.1, 0.15) is 33.4 Å². The fourth-order valence-corrected chi connectivity index (χ4v) is 5.22. The van der Waals surface area contributed by atoms with Crippen LogP contribution in [0.3, 0.4) is 0 Å². The highest BCUT2D eigenvalue weighted by molar-refractivity contribution is 9.10. The molecule has 3 heterocycles. The number of rotatable bonds is 3. The molecule has 1 N–H and O–H groups in total. The minimum absolute atomic E-state index is 0.0113. The van der Waals surface area contributed by atoms with E-state index in [-0.39, 0.29) is 17.4 Å². The van der Waals surface area contributed by atoms with Gasteiger partial charge in [-0.05, 0) is 60.0 Å². The van der Waals surface area contributed by atoms with Crippen molar-refractivity contribution in [2.45, 2.75) is 12.5 Å². The molecule has 0 fully saturated rings. The van der Waals surface area contributed by atoms with Crippen LogP contribution in [-0.2, 0) is 6.42 Å². The van der Waals surface area contributed by atoms with Gasteiger partial charge in [0.1, 0.15) is 5.58 Å². The maximum atomic E-state index is 13.7. The number of hydrogen-bond donors (Lipinski definition) is 1. The Morgan fingerprint density at radius 1 is 1.09 bits per heavy atom. The van der Waals surface area contributed by atoms with E-state index < -0.39 is 11.0 Å². The predicted octanol–water partition coefficient (Wildman–Crippen LogP) is 6.37. The molecule has 0 aliphatic carbocycles. The highest BCUT2D eigenvalue weighted by Gasteiger charge is 2.36. The first kappa shape index (κ1) is 20.7. The van der Waals surface area contributed by atoms with Gasteiger partial charge in [-0.15, -0.1) is 0 Å². The van der Waals surface area contributed by atoms with Gasteiger partial charge in [0.05, 0.1) is 11.0 Å². The third kappa shape index (κ3) is 3.30. The van der Waals surface area contributed by atoms with Crippen LogP contribution in [0.25, 0.3) is 21.9 Å². The lowest BCUT2D eigenvalue weighted by molar-refractivity contribution is -0.384. The van der Waals surface area contributed by atoms with Crippen molar-refractivity contribution in [2.75, 3.05) is 6.54 Å². The molecule has 1 amide bonds. The molecular weight excluding hydrogens is 498 g/mol. The van der Waals surface area contributed by atoms with Gasteiger partial charge in [-0.25, -0.2) is 0 Å². The molecule has 0 saturated heterocycles. The summed E-state index contributed by atoms with van der Waals surface area (Å²) in [6, 6.07) is 21.4. The Labute approximate surface area is 202 Å². The van der Waals surface area contributed by atoms with E-state index in [4.69, 9.17) is 4.42 Å². The zero-order valence-electron chi connectivity index (χ0n) is 17.8. The van der Waals surface area contributed by atoms with Crippen molar-refractivity contribution in [2.24, 2.45) is 0 Å². The molecule has 0 bridgehead atoms. The molecule has 168 valence electrons. The third-order valence-electron chi connectivity index (χ3n) is 6.40. The molecule has 0 spiro atoms. The number of non-ortho nitro benzene ring substituents is 1. The second kappa shape index (κ2) is 7.85. The van der Waals surface area contributed by atoms with Gasteiger partial charge < -0.3 is 14.3 Å². The Balaban J connectivity index is 1.48. The van der Waals surface area contributed by atoms with Gasteiger partial charge >= 0.3 is 0 Å². The molecule has 8 heteroatoms. The molecule has 0 saturated carbocycles. The Morgan fingerprint density at radius 2 is 1.88 bits per heavy atom. The first-order valence-corrected chi connectivity index (χ1v) is 11.6. The Bertz CT molecular complexity index is 1590. The highest BCUT2D eigenvalue weighted by atomic mass is 79.9. The van der Waals surface area contributed by atoms with E-state index in [2.05, 4.69) is 27.0 Å². The SMILES string of the molecule is O=C(c1cc2cc(Br)ccc2o1)N1CCc2c([nH]c3ccccc23)[C@@H]1c1ccc([N+](=O)[O-])cc1. The second-order valence-electron chi connectivity index (χ2n) is 8.36. The summed E-state index contributed by atoms with van der Waals surface area (Å²) in [6.45, 7) is 0.496. The lowest BCUT2D eigenvalue weighted by atomic mass is 9.92. The average Bonchev–Trinajstić information content (AvgIpc) is 3.44. The minimum Gasteiger partial charge on any atom is -0.451 e. The summed E-state index contributed by atoms with van der Waals surface area (Å²) >= 11 is 3.46. The monoisotopic (exact) mass is 515 g/mol. The van der Waals surface area contributed by atoms with Crippen LogP contribution in [0.5, 0.6) is 0 Å². The molecule has 3 aromatic carbocycles. The van der Waals surface area contributed by atoms with E-state index in [9.17, 15) is 14.9 Å². The van der Waals surface area contributed by atoms with Gasteiger partial charge in [-0.2, -0.15) is 0 Å². The smallest absolute Gasteiger partial charge is 0.290 e. The number of nitrogens with one attached hydrogen (secondary N) is 1. The number of hydrogen-bond acceptors (Lipinski definition) is 4. The van der Waals surface area contributed by atoms with Crippen molar-refractivity contribution >= 4 is 49.4 Å². The number of amides is 1. The summed E-state index contributed by atoms with van der Waals surface area (Å²) in [4.78, 5) is 29.8. The van der Waals surface area contributed by atoms with Gasteiger partial charge in [-0.3, -0.25) is 14.9 Å². The first-order valence-electron chi connectivity index (χ1n) is 10.8. The van der Waals surface area contributed by atoms with Crippen molar-refractivity contribution in [1.82, 2.24) is 9.88 Å². The summed E-state index contributed by atoms with van der Waals surface area (Å²) in [6.07, 6.45) is 0.695. The number of nitrogens with zero attached hydrogens (tertiary/aromatic N) is 2. The maximum Gasteiger partial charge on any atom is 0.290 e. The number of furan rings is 1. The number of halogens is 1. The average molecular weight is 516 g/mol. The zero-order chi connectivity index (χ0) is 23.4. The second-order valence-corrected chi connectivity index (χ2v) is 9.27. The number of H-pyrrole nitrogens is 1. The number of aromatic amines is 1. The summed E-state index contributed by atoms with van der Waals surface area (Å²) in [5, 5.41) is 13.2. The zero-order valence-corrected chi connectivity index (χ0v) is 19.4. The topological polar surface area (TPSA) is 92.4 Å². The van der Waals surface area contributed by atoms with Crippen molar-refractivity contribution in [3.05, 3.63) is 110 Å². The number of nitro groups is 1. The lowest BCUT2D eigenvalue weighted by Gasteiger charge is -2.35. The Morgan fingerprint density at radius 3 is 2.68 bits per heavy atom. The molecule has 2 aromatic heterocycles. The lowest BCUT2D eigenvalue weighted by Crippen LogP contribution is -2.40. The van der Waals surface area contributed by atoms with Crippen molar-refractivity contribution in [1.29, 1.82) is 0 Å². The summed E-state index contributed by atoms with van der Waals surface area (Å²) in [5.74, 6) is 0.0413. The number of aromatic nitrogens is 1. The predicted molar refractivity (Wildman–Crippen MR) is 132 cm³/mol. The van der Waals surface area contributed by atoms with E-state index in [1.165, 1.54) is 12.1 Å². The van der Waals surface area contributed by atoms with Crippen LogP contribution >= 0.6 is 15.9 Å². The Kier molecular flexibility index (Phi) is 4.77. The number of nitro benzene ring substituents is 1. The molecule has 0 radical (unpaired) electrons. The van der Waals surface area contributed by atoms with E-state index in [0.29, 0.717) is 18.5 Å². The molecule has 1 aliphatic heterocycles. The fraction of sp³-hybridized carbons (Fsp3) is 0.115. The molecule has 7 nitrogen and oxygen atoms in total. The number of carbonyl (C=O) groups excluding carboxylic acids is 1. The first-order chi connectivity index (χ1) is 16.5. The normalized spacial score (nSPS) is 15.6. The Hall–Kier alpha value is -3.91. The maximum absolute atomic E-state index is 13.7. The van der Waals surface area contributed by atoms with Crippen LogP contribution in [-0.4, -0.2) is 27.3 Å². The van der Waals surface area contributed by atoms with E-state index in [1.807, 2.05) is 36.4 Å². The molecule has 1 atom stereocenters. The van der Waals surface area contributed by atoms with Crippen LogP contribution in [0.15, 0.2) is 81.7 Å². The van der Waals surface area contributed by atoms with E-state index >= 15 is 0 Å². The molecule has 1 aliphatic rings. The van der Waals surface area contributed by atoms with Crippen LogP contribution in [0.4, 0.5) is 5.69 Å². The van der Waals surface area contributed by atoms with Gasteiger partial charge in [0.25, 0.3) is 11.6 Å². The van der Waals surface area contributed by atoms with Crippen LogP contribution in [0.2, 0.25) is 0 Å². The van der Waals surface area contributed by atoms with Gasteiger partial charge in [0, 0.05) is 45.1 Å². The number of para-hydroxylation sites is 1. The third-order valence-corrected chi connectivity index (χ3v) is 6.90. The largest absolute Gasteiger partial charge is 0.451 e. The number of carbonyl (C=O) groups is 1. The van der Waals surface area contributed by atoms with Crippen LogP contribution < -0.4 is 0 Å². The molecule has 0 unspecified atom stereocenters. The number of benzene rings is 3. The van der Waals surface area contributed by atoms with Crippen molar-refractivity contribution < 1.29 is 14.1 Å². The standard InChI is InChI=1S/C26H18BrN3O4/c27-17-7-10-22-16(13-17)14-23(34-22)26(31)29-12-11-20-19-3-1-2-4-21(19)28-24(20)25(29)15-5-8-18(9-6-15)30(32)33/h1-10,13-14,25,28H,11-12H2/t25-/m0/s1. The molecular formula is C26H18BrN3O4. The summed E-state index contributed by atoms with van der Waals surface area (Å²) in [7, 11) is 0. The molecule has 6 rings (SSSR count). The van der Waals surface area contributed by atoms with Gasteiger partial charge in [0.2, 0.25) is 0 Å². The highest BCUT2D eigenvalue weighted by Crippen LogP contribution is 2.40. The van der Waals surface area contributed by atoms with Crippen LogP contribution in [0, 0.1) is 10.1 Å².